The molecule has 0 aliphatic rings. The van der Waals surface area contributed by atoms with E-state index in [1.165, 1.54) is 0 Å². The first-order valence-corrected chi connectivity index (χ1v) is 8.81. The maximum atomic E-state index is 13.0. The maximum absolute atomic E-state index is 13.0. The van der Waals surface area contributed by atoms with Crippen LogP contribution < -0.4 is 10.5 Å². The number of anilines is 2. The fourth-order valence-electron chi connectivity index (χ4n) is 1.75. The van der Waals surface area contributed by atoms with E-state index in [1.54, 1.807) is 12.1 Å². The van der Waals surface area contributed by atoms with Gasteiger partial charge in [0.25, 0.3) is 10.0 Å². The first-order chi connectivity index (χ1) is 9.70. The van der Waals surface area contributed by atoms with Crippen molar-refractivity contribution in [1.82, 2.24) is 0 Å². The third-order valence-electron chi connectivity index (χ3n) is 2.68. The molecule has 21 heavy (non-hydrogen) atoms. The molecule has 4 nitrogen and oxygen atoms in total. The number of hydrogen-bond donors (Lipinski definition) is 2. The van der Waals surface area contributed by atoms with Gasteiger partial charge in [-0.1, -0.05) is 0 Å². The van der Waals surface area contributed by atoms with Crippen molar-refractivity contribution < 1.29 is 12.8 Å². The number of nitrogen functional groups attached to an aromatic ring is 1. The Bertz CT molecular complexity index is 787. The van der Waals surface area contributed by atoms with E-state index in [9.17, 15) is 12.8 Å². The molecular formula is C13H11Br2FN2O2S. The van der Waals surface area contributed by atoms with E-state index in [1.807, 2.05) is 6.92 Å². The summed E-state index contributed by atoms with van der Waals surface area (Å²) in [6, 6.07) is 6.69. The number of nitrogens with one attached hydrogen (secondary N) is 1. The Labute approximate surface area is 138 Å². The Morgan fingerprint density at radius 2 is 1.71 bits per heavy atom. The molecule has 8 heteroatoms. The quantitative estimate of drug-likeness (QED) is 0.711. The van der Waals surface area contributed by atoms with Gasteiger partial charge in [-0.2, -0.15) is 0 Å². The van der Waals surface area contributed by atoms with Gasteiger partial charge in [-0.15, -0.1) is 0 Å². The fraction of sp³-hybridized carbons (Fsp3) is 0.0769. The Morgan fingerprint density at radius 1 is 1.14 bits per heavy atom. The highest BCUT2D eigenvalue weighted by molar-refractivity contribution is 9.11. The van der Waals surface area contributed by atoms with Crippen LogP contribution in [-0.4, -0.2) is 8.42 Å². The average Bonchev–Trinajstić information content (AvgIpc) is 2.33. The number of hydrogen-bond acceptors (Lipinski definition) is 3. The van der Waals surface area contributed by atoms with Crippen LogP contribution in [0.15, 0.2) is 44.2 Å². The minimum atomic E-state index is -3.92. The molecule has 0 saturated heterocycles. The van der Waals surface area contributed by atoms with E-state index in [0.29, 0.717) is 14.6 Å². The van der Waals surface area contributed by atoms with Crippen LogP contribution >= 0.6 is 31.9 Å². The lowest BCUT2D eigenvalue weighted by molar-refractivity contribution is 0.600. The van der Waals surface area contributed by atoms with Crippen LogP contribution in [0, 0.1) is 12.7 Å². The molecule has 0 bridgehead atoms. The zero-order chi connectivity index (χ0) is 15.8. The summed E-state index contributed by atoms with van der Waals surface area (Å²) in [6.45, 7) is 1.88. The molecule has 0 unspecified atom stereocenters. The number of rotatable bonds is 3. The van der Waals surface area contributed by atoms with Gasteiger partial charge in [0.1, 0.15) is 10.7 Å². The summed E-state index contributed by atoms with van der Waals surface area (Å²) in [6.07, 6.45) is 0. The first kappa shape index (κ1) is 16.3. The third kappa shape index (κ3) is 3.56. The molecule has 0 spiro atoms. The summed E-state index contributed by atoms with van der Waals surface area (Å²) >= 11 is 6.61. The van der Waals surface area contributed by atoms with Crippen LogP contribution in [0.25, 0.3) is 0 Å². The lowest BCUT2D eigenvalue weighted by Gasteiger charge is -2.13. The standard InChI is InChI=1S/C13H11Br2FN2O2S/c1-7-4-9(14)13(10(15)5-7)18-21(19,20)12-3-2-8(16)6-11(12)17/h2-6,18H,17H2,1H3. The minimum absolute atomic E-state index is 0.151. The van der Waals surface area contributed by atoms with Gasteiger partial charge in [-0.05, 0) is 74.7 Å². The number of aryl methyl sites for hydroxylation is 1. The second-order valence-electron chi connectivity index (χ2n) is 4.39. The fourth-order valence-corrected chi connectivity index (χ4v) is 4.84. The molecule has 0 amide bonds. The first-order valence-electron chi connectivity index (χ1n) is 5.74. The van der Waals surface area contributed by atoms with E-state index in [0.717, 1.165) is 23.8 Å². The van der Waals surface area contributed by atoms with Crippen LogP contribution in [0.2, 0.25) is 0 Å². The Balaban J connectivity index is 2.47. The van der Waals surface area contributed by atoms with Gasteiger partial charge < -0.3 is 5.73 Å². The average molecular weight is 438 g/mol. The summed E-state index contributed by atoms with van der Waals surface area (Å²) in [5.41, 5.74) is 6.74. The van der Waals surface area contributed by atoms with E-state index in [-0.39, 0.29) is 10.6 Å². The summed E-state index contributed by atoms with van der Waals surface area (Å²) in [4.78, 5) is -0.178. The Hall–Kier alpha value is -1.12. The summed E-state index contributed by atoms with van der Waals surface area (Å²) in [5.74, 6) is -0.593. The largest absolute Gasteiger partial charge is 0.398 e. The lowest BCUT2D eigenvalue weighted by atomic mass is 10.2. The molecular weight excluding hydrogens is 427 g/mol. The van der Waals surface area contributed by atoms with E-state index < -0.39 is 15.8 Å². The molecule has 0 saturated carbocycles. The second-order valence-corrected chi connectivity index (χ2v) is 7.75. The highest BCUT2D eigenvalue weighted by Gasteiger charge is 2.20. The van der Waals surface area contributed by atoms with Crippen LogP contribution in [0.4, 0.5) is 15.8 Å². The normalized spacial score (nSPS) is 11.4. The minimum Gasteiger partial charge on any atom is -0.398 e. The topological polar surface area (TPSA) is 72.2 Å². The smallest absolute Gasteiger partial charge is 0.264 e. The molecule has 3 N–H and O–H groups in total. The van der Waals surface area contributed by atoms with Gasteiger partial charge in [-0.3, -0.25) is 4.72 Å². The van der Waals surface area contributed by atoms with Crippen molar-refractivity contribution in [2.75, 3.05) is 10.5 Å². The monoisotopic (exact) mass is 436 g/mol. The van der Waals surface area contributed by atoms with E-state index >= 15 is 0 Å². The molecule has 0 aliphatic carbocycles. The molecule has 0 radical (unpaired) electrons. The molecule has 0 atom stereocenters. The van der Waals surface area contributed by atoms with E-state index in [2.05, 4.69) is 36.6 Å². The van der Waals surface area contributed by atoms with Crippen LogP contribution in [0.1, 0.15) is 5.56 Å². The van der Waals surface area contributed by atoms with Gasteiger partial charge >= 0.3 is 0 Å². The van der Waals surface area contributed by atoms with Crippen molar-refractivity contribution in [3.63, 3.8) is 0 Å². The number of sulfonamides is 1. The summed E-state index contributed by atoms with van der Waals surface area (Å²) in [5, 5.41) is 0. The molecule has 112 valence electrons. The molecule has 0 fully saturated rings. The van der Waals surface area contributed by atoms with E-state index in [4.69, 9.17) is 5.73 Å². The lowest BCUT2D eigenvalue weighted by Crippen LogP contribution is -2.15. The number of nitrogens with two attached hydrogens (primary N) is 1. The van der Waals surface area contributed by atoms with Gasteiger partial charge in [0.2, 0.25) is 0 Å². The van der Waals surface area contributed by atoms with Crippen molar-refractivity contribution in [3.8, 4) is 0 Å². The summed E-state index contributed by atoms with van der Waals surface area (Å²) in [7, 11) is -3.92. The van der Waals surface area contributed by atoms with Gasteiger partial charge in [0, 0.05) is 8.95 Å². The number of halogens is 3. The molecule has 0 aliphatic heterocycles. The van der Waals surface area contributed by atoms with Crippen molar-refractivity contribution in [3.05, 3.63) is 50.7 Å². The highest BCUT2D eigenvalue weighted by Crippen LogP contribution is 2.34. The van der Waals surface area contributed by atoms with Crippen molar-refractivity contribution in [1.29, 1.82) is 0 Å². The second kappa shape index (κ2) is 5.94. The predicted octanol–water partition coefficient (Wildman–Crippen LogP) is 4.04. The number of benzene rings is 2. The Morgan fingerprint density at radius 3 is 2.24 bits per heavy atom. The van der Waals surface area contributed by atoms with Crippen molar-refractivity contribution in [2.24, 2.45) is 0 Å². The van der Waals surface area contributed by atoms with Gasteiger partial charge in [-0.25, -0.2) is 12.8 Å². The molecule has 2 aromatic rings. The predicted molar refractivity (Wildman–Crippen MR) is 88.2 cm³/mol. The van der Waals surface area contributed by atoms with Gasteiger partial charge in [0.05, 0.1) is 11.4 Å². The molecule has 0 aromatic heterocycles. The third-order valence-corrected chi connectivity index (χ3v) is 5.36. The maximum Gasteiger partial charge on any atom is 0.264 e. The summed E-state index contributed by atoms with van der Waals surface area (Å²) < 4.78 is 41.4. The van der Waals surface area contributed by atoms with Crippen molar-refractivity contribution >= 4 is 53.3 Å². The van der Waals surface area contributed by atoms with Crippen LogP contribution in [0.5, 0.6) is 0 Å². The van der Waals surface area contributed by atoms with Crippen LogP contribution in [-0.2, 0) is 10.0 Å². The van der Waals surface area contributed by atoms with Gasteiger partial charge in [0.15, 0.2) is 0 Å². The molecule has 2 rings (SSSR count). The SMILES string of the molecule is Cc1cc(Br)c(NS(=O)(=O)c2ccc(F)cc2N)c(Br)c1. The van der Waals surface area contributed by atoms with Crippen LogP contribution in [0.3, 0.4) is 0 Å². The van der Waals surface area contributed by atoms with Crippen molar-refractivity contribution in [2.45, 2.75) is 11.8 Å². The highest BCUT2D eigenvalue weighted by atomic mass is 79.9. The Kier molecular flexibility index (Phi) is 4.60. The molecule has 2 aromatic carbocycles. The zero-order valence-electron chi connectivity index (χ0n) is 10.8. The zero-order valence-corrected chi connectivity index (χ0v) is 14.8. The molecule has 0 heterocycles.